The van der Waals surface area contributed by atoms with Crippen molar-refractivity contribution in [3.8, 4) is 5.75 Å². The van der Waals surface area contributed by atoms with E-state index in [1.807, 2.05) is 12.1 Å². The molecule has 1 aromatic heterocycles. The smallest absolute Gasteiger partial charge is 0.341 e. The Balaban J connectivity index is 1.97. The molecule has 0 atom stereocenters. The number of pyridine rings is 1. The molecule has 4 heteroatoms. The highest BCUT2D eigenvalue weighted by atomic mass is 16.5. The summed E-state index contributed by atoms with van der Waals surface area (Å²) in [6.45, 7) is 1.74. The van der Waals surface area contributed by atoms with Crippen LogP contribution < -0.4 is 4.74 Å². The van der Waals surface area contributed by atoms with Crippen LogP contribution in [0.5, 0.6) is 5.75 Å². The lowest BCUT2D eigenvalue weighted by Crippen LogP contribution is -2.10. The van der Waals surface area contributed by atoms with Gasteiger partial charge >= 0.3 is 5.97 Å². The first-order chi connectivity index (χ1) is 11.1. The fourth-order valence-corrected chi connectivity index (χ4v) is 2.70. The van der Waals surface area contributed by atoms with E-state index in [1.165, 1.54) is 21.9 Å². The van der Waals surface area contributed by atoms with E-state index in [0.717, 1.165) is 5.56 Å². The van der Waals surface area contributed by atoms with Crippen LogP contribution in [-0.4, -0.2) is 22.7 Å². The molecule has 0 spiro atoms. The zero-order chi connectivity index (χ0) is 16.2. The van der Waals surface area contributed by atoms with Crippen molar-refractivity contribution in [2.24, 2.45) is 0 Å². The first kappa shape index (κ1) is 15.0. The van der Waals surface area contributed by atoms with Crippen molar-refractivity contribution in [2.75, 3.05) is 6.61 Å². The number of ether oxygens (including phenoxy) is 1. The van der Waals surface area contributed by atoms with Crippen molar-refractivity contribution in [3.05, 3.63) is 71.5 Å². The Kier molecular flexibility index (Phi) is 4.24. The second kappa shape index (κ2) is 6.48. The van der Waals surface area contributed by atoms with Gasteiger partial charge in [0.25, 0.3) is 0 Å². The van der Waals surface area contributed by atoms with Crippen LogP contribution in [-0.2, 0) is 11.2 Å². The van der Waals surface area contributed by atoms with E-state index in [4.69, 9.17) is 9.84 Å². The highest BCUT2D eigenvalue weighted by Gasteiger charge is 2.10. The topological polar surface area (TPSA) is 59.4 Å². The van der Waals surface area contributed by atoms with Gasteiger partial charge in [-0.25, -0.2) is 4.79 Å². The summed E-state index contributed by atoms with van der Waals surface area (Å²) in [7, 11) is 0. The van der Waals surface area contributed by atoms with Crippen LogP contribution in [0.15, 0.2) is 54.9 Å². The lowest BCUT2D eigenvalue weighted by atomic mass is 9.96. The van der Waals surface area contributed by atoms with Crippen LogP contribution in [0.4, 0.5) is 0 Å². The molecular weight excluding hydrogens is 290 g/mol. The van der Waals surface area contributed by atoms with E-state index in [1.54, 1.807) is 18.5 Å². The number of hydrogen-bond donors (Lipinski definition) is 1. The normalized spacial score (nSPS) is 10.7. The third kappa shape index (κ3) is 3.31. The lowest BCUT2D eigenvalue weighted by molar-refractivity contribution is -0.139. The van der Waals surface area contributed by atoms with Gasteiger partial charge in [-0.2, -0.15) is 0 Å². The molecule has 0 aliphatic carbocycles. The van der Waals surface area contributed by atoms with Crippen molar-refractivity contribution in [3.63, 3.8) is 0 Å². The van der Waals surface area contributed by atoms with E-state index < -0.39 is 5.97 Å². The number of aromatic nitrogens is 1. The Morgan fingerprint density at radius 3 is 2.65 bits per heavy atom. The van der Waals surface area contributed by atoms with Crippen molar-refractivity contribution in [2.45, 2.75) is 13.3 Å². The summed E-state index contributed by atoms with van der Waals surface area (Å²) in [5.74, 6) is -0.430. The highest BCUT2D eigenvalue weighted by Crippen LogP contribution is 2.27. The molecule has 0 fully saturated rings. The van der Waals surface area contributed by atoms with Gasteiger partial charge in [0.1, 0.15) is 5.75 Å². The molecule has 3 rings (SSSR count). The first-order valence-corrected chi connectivity index (χ1v) is 7.40. The van der Waals surface area contributed by atoms with Gasteiger partial charge in [0.2, 0.25) is 0 Å². The number of aliphatic carboxylic acids is 1. The van der Waals surface area contributed by atoms with Crippen LogP contribution in [0.3, 0.4) is 0 Å². The second-order valence-corrected chi connectivity index (χ2v) is 5.43. The molecule has 0 radical (unpaired) electrons. The minimum Gasteiger partial charge on any atom is -0.481 e. The summed E-state index contributed by atoms with van der Waals surface area (Å²) in [5.41, 5.74) is 3.28. The number of carboxylic acid groups (broad SMARTS) is 1. The molecule has 1 heterocycles. The van der Waals surface area contributed by atoms with Crippen LogP contribution in [0.25, 0.3) is 10.8 Å². The molecule has 3 aromatic rings. The Morgan fingerprint density at radius 2 is 1.87 bits per heavy atom. The summed E-state index contributed by atoms with van der Waals surface area (Å²) >= 11 is 0. The van der Waals surface area contributed by atoms with Crippen LogP contribution in [0.1, 0.15) is 16.7 Å². The monoisotopic (exact) mass is 307 g/mol. The maximum Gasteiger partial charge on any atom is 0.341 e. The largest absolute Gasteiger partial charge is 0.481 e. The zero-order valence-electron chi connectivity index (χ0n) is 12.8. The zero-order valence-corrected chi connectivity index (χ0v) is 12.8. The summed E-state index contributed by atoms with van der Waals surface area (Å²) in [4.78, 5) is 14.9. The molecule has 4 nitrogen and oxygen atoms in total. The molecule has 2 aromatic carbocycles. The van der Waals surface area contributed by atoms with Crippen LogP contribution in [0.2, 0.25) is 0 Å². The number of aryl methyl sites for hydroxylation is 1. The molecule has 23 heavy (non-hydrogen) atoms. The number of benzene rings is 2. The summed E-state index contributed by atoms with van der Waals surface area (Å²) < 4.78 is 5.37. The van der Waals surface area contributed by atoms with E-state index in [2.05, 4.69) is 36.2 Å². The molecule has 0 aliphatic heterocycles. The van der Waals surface area contributed by atoms with E-state index in [0.29, 0.717) is 12.2 Å². The summed E-state index contributed by atoms with van der Waals surface area (Å²) in [6, 6.07) is 14.2. The van der Waals surface area contributed by atoms with Gasteiger partial charge in [-0.3, -0.25) is 4.98 Å². The average molecular weight is 307 g/mol. The number of nitrogens with zero attached hydrogens (tertiary/aromatic N) is 1. The van der Waals surface area contributed by atoms with E-state index in [9.17, 15) is 4.79 Å². The van der Waals surface area contributed by atoms with Gasteiger partial charge in [0.05, 0.1) is 0 Å². The molecule has 1 N–H and O–H groups in total. The predicted octanol–water partition coefficient (Wildman–Crippen LogP) is 3.60. The Morgan fingerprint density at radius 1 is 1.09 bits per heavy atom. The number of carboxylic acids is 1. The molecular formula is C19H17NO3. The number of fused-ring (bicyclic) bond motifs is 1. The van der Waals surface area contributed by atoms with Crippen molar-refractivity contribution in [1.82, 2.24) is 4.98 Å². The molecule has 0 bridgehead atoms. The van der Waals surface area contributed by atoms with Gasteiger partial charge in [-0.1, -0.05) is 36.4 Å². The second-order valence-electron chi connectivity index (χ2n) is 5.43. The van der Waals surface area contributed by atoms with Gasteiger partial charge in [0, 0.05) is 24.4 Å². The lowest BCUT2D eigenvalue weighted by Gasteiger charge is -2.12. The van der Waals surface area contributed by atoms with Crippen molar-refractivity contribution in [1.29, 1.82) is 0 Å². The van der Waals surface area contributed by atoms with Gasteiger partial charge < -0.3 is 9.84 Å². The van der Waals surface area contributed by atoms with E-state index in [-0.39, 0.29) is 6.61 Å². The maximum atomic E-state index is 10.7. The quantitative estimate of drug-likeness (QED) is 0.782. The first-order valence-electron chi connectivity index (χ1n) is 7.40. The number of hydrogen-bond acceptors (Lipinski definition) is 3. The molecule has 0 amide bonds. The highest BCUT2D eigenvalue weighted by molar-refractivity contribution is 5.88. The summed E-state index contributed by atoms with van der Waals surface area (Å²) in [6.07, 6.45) is 3.98. The molecule has 116 valence electrons. The molecule has 0 aliphatic rings. The van der Waals surface area contributed by atoms with Crippen LogP contribution >= 0.6 is 0 Å². The third-order valence-corrected chi connectivity index (χ3v) is 3.82. The average Bonchev–Trinajstić information content (AvgIpc) is 2.57. The molecule has 0 saturated heterocycles. The van der Waals surface area contributed by atoms with Crippen molar-refractivity contribution < 1.29 is 14.6 Å². The minimum absolute atomic E-state index is 0.355. The third-order valence-electron chi connectivity index (χ3n) is 3.82. The fraction of sp³-hybridized carbons (Fsp3) is 0.158. The Labute approximate surface area is 134 Å². The maximum absolute atomic E-state index is 10.7. The van der Waals surface area contributed by atoms with Gasteiger partial charge in [0.15, 0.2) is 6.61 Å². The SMILES string of the molecule is Cc1ccc(Cc2cnccc2OCC(=O)O)c2ccccc12. The van der Waals surface area contributed by atoms with Gasteiger partial charge in [-0.05, 0) is 34.9 Å². The predicted molar refractivity (Wildman–Crippen MR) is 88.9 cm³/mol. The minimum atomic E-state index is -0.992. The standard InChI is InChI=1S/C19H17NO3/c1-13-6-7-14(17-5-3-2-4-16(13)17)10-15-11-20-9-8-18(15)23-12-19(21)22/h2-9,11H,10,12H2,1H3,(H,21,22). The van der Waals surface area contributed by atoms with Crippen LogP contribution in [0, 0.1) is 6.92 Å². The van der Waals surface area contributed by atoms with Crippen molar-refractivity contribution >= 4 is 16.7 Å². The Bertz CT molecular complexity index is 858. The van der Waals surface area contributed by atoms with E-state index >= 15 is 0 Å². The fourth-order valence-electron chi connectivity index (χ4n) is 2.70. The number of rotatable bonds is 5. The molecule has 0 unspecified atom stereocenters. The number of carbonyl (C=O) groups is 1. The van der Waals surface area contributed by atoms with Gasteiger partial charge in [-0.15, -0.1) is 0 Å². The summed E-state index contributed by atoms with van der Waals surface area (Å²) in [5, 5.41) is 11.2. The molecule has 0 saturated carbocycles. The Hall–Kier alpha value is -2.88.